The molecule has 4 heteroatoms. The lowest BCUT2D eigenvalue weighted by atomic mass is 10.4. The summed E-state index contributed by atoms with van der Waals surface area (Å²) >= 11 is 0. The molecule has 72 valence electrons. The Bertz CT molecular complexity index is 415. The number of rotatable bonds is 4. The first-order valence-corrected chi connectivity index (χ1v) is 4.09. The lowest BCUT2D eigenvalue weighted by molar-refractivity contribution is 0.354. The fraction of sp³-hybridized carbons (Fsp3) is 0.200. The molecule has 0 aliphatic heterocycles. The van der Waals surface area contributed by atoms with Gasteiger partial charge in [-0.3, -0.25) is 9.36 Å². The molecule has 1 aromatic rings. The fourth-order valence-corrected chi connectivity index (χ4v) is 0.974. The lowest BCUT2D eigenvalue weighted by Gasteiger charge is -2.04. The zero-order valence-electron chi connectivity index (χ0n) is 7.64. The Morgan fingerprint density at radius 3 is 3.14 bits per heavy atom. The molecule has 0 fully saturated rings. The highest BCUT2D eigenvalue weighted by Crippen LogP contribution is 2.01. The minimum atomic E-state index is -0.295. The average Bonchev–Trinajstić information content (AvgIpc) is 2.20. The van der Waals surface area contributed by atoms with E-state index in [2.05, 4.69) is 6.58 Å². The third-order valence-corrected chi connectivity index (χ3v) is 1.58. The second kappa shape index (κ2) is 4.87. The molecular formula is C10H10N2O2. The summed E-state index contributed by atoms with van der Waals surface area (Å²) in [5, 5.41) is 8.44. The molecule has 1 aromatic heterocycles. The van der Waals surface area contributed by atoms with Crippen LogP contribution in [-0.4, -0.2) is 11.2 Å². The van der Waals surface area contributed by atoms with E-state index in [9.17, 15) is 4.79 Å². The number of nitrogens with zero attached hydrogens (tertiary/aromatic N) is 2. The molecule has 0 aliphatic carbocycles. The van der Waals surface area contributed by atoms with E-state index in [1.54, 1.807) is 24.4 Å². The molecule has 0 N–H and O–H groups in total. The SMILES string of the molecule is C=CCOc1cccn(CC#N)c1=O. The van der Waals surface area contributed by atoms with Gasteiger partial charge in [0.15, 0.2) is 5.75 Å². The van der Waals surface area contributed by atoms with Crippen LogP contribution in [0.25, 0.3) is 0 Å². The molecule has 0 bridgehead atoms. The van der Waals surface area contributed by atoms with E-state index < -0.39 is 0 Å². The van der Waals surface area contributed by atoms with Crippen molar-refractivity contribution in [1.29, 1.82) is 5.26 Å². The summed E-state index contributed by atoms with van der Waals surface area (Å²) < 4.78 is 6.40. The third kappa shape index (κ3) is 2.23. The first-order chi connectivity index (χ1) is 6.79. The van der Waals surface area contributed by atoms with Gasteiger partial charge in [0.05, 0.1) is 6.07 Å². The maximum absolute atomic E-state index is 11.5. The zero-order chi connectivity index (χ0) is 10.4. The Morgan fingerprint density at radius 1 is 1.71 bits per heavy atom. The van der Waals surface area contributed by atoms with Crippen molar-refractivity contribution in [2.45, 2.75) is 6.54 Å². The van der Waals surface area contributed by atoms with Crippen LogP contribution >= 0.6 is 0 Å². The average molecular weight is 190 g/mol. The molecule has 0 saturated heterocycles. The number of nitriles is 1. The summed E-state index contributed by atoms with van der Waals surface area (Å²) in [6, 6.07) is 5.13. The van der Waals surface area contributed by atoms with Crippen LogP contribution in [0.1, 0.15) is 0 Å². The van der Waals surface area contributed by atoms with Gasteiger partial charge in [0, 0.05) is 6.20 Å². The van der Waals surface area contributed by atoms with Crippen molar-refractivity contribution in [2.24, 2.45) is 0 Å². The van der Waals surface area contributed by atoms with Gasteiger partial charge in [-0.25, -0.2) is 0 Å². The largest absolute Gasteiger partial charge is 0.484 e. The second-order valence-electron chi connectivity index (χ2n) is 2.56. The number of aromatic nitrogens is 1. The van der Waals surface area contributed by atoms with Crippen LogP contribution in [-0.2, 0) is 6.54 Å². The van der Waals surface area contributed by atoms with E-state index in [1.807, 2.05) is 6.07 Å². The predicted octanol–water partition coefficient (Wildman–Crippen LogP) is 0.937. The van der Waals surface area contributed by atoms with Gasteiger partial charge in [0.1, 0.15) is 13.2 Å². The molecule has 0 unspecified atom stereocenters. The molecule has 0 amide bonds. The van der Waals surface area contributed by atoms with Crippen LogP contribution in [0.15, 0.2) is 35.8 Å². The van der Waals surface area contributed by atoms with E-state index in [4.69, 9.17) is 10.00 Å². The first kappa shape index (κ1) is 10.1. The lowest BCUT2D eigenvalue weighted by Crippen LogP contribution is -2.20. The molecule has 0 saturated carbocycles. The van der Waals surface area contributed by atoms with Gasteiger partial charge in [0.25, 0.3) is 5.56 Å². The molecule has 0 radical (unpaired) electrons. The Kier molecular flexibility index (Phi) is 3.50. The van der Waals surface area contributed by atoms with E-state index in [0.717, 1.165) is 0 Å². The summed E-state index contributed by atoms with van der Waals surface area (Å²) in [5.41, 5.74) is -0.295. The normalized spacial score (nSPS) is 9.07. The van der Waals surface area contributed by atoms with Crippen molar-refractivity contribution in [3.63, 3.8) is 0 Å². The van der Waals surface area contributed by atoms with Gasteiger partial charge in [-0.1, -0.05) is 12.7 Å². The van der Waals surface area contributed by atoms with Gasteiger partial charge in [0.2, 0.25) is 0 Å². The van der Waals surface area contributed by atoms with Crippen molar-refractivity contribution >= 4 is 0 Å². The molecule has 1 heterocycles. The summed E-state index contributed by atoms with van der Waals surface area (Å²) in [7, 11) is 0. The molecule has 0 atom stereocenters. The highest BCUT2D eigenvalue weighted by atomic mass is 16.5. The number of pyridine rings is 1. The summed E-state index contributed by atoms with van der Waals surface area (Å²) in [6.45, 7) is 3.79. The standard InChI is InChI=1S/C10H10N2O2/c1-2-8-14-9-4-3-6-12(7-5-11)10(9)13/h2-4,6H,1,7-8H2. The van der Waals surface area contributed by atoms with Crippen molar-refractivity contribution in [1.82, 2.24) is 4.57 Å². The van der Waals surface area contributed by atoms with Gasteiger partial charge in [-0.05, 0) is 12.1 Å². The minimum Gasteiger partial charge on any atom is -0.484 e. The number of hydrogen-bond acceptors (Lipinski definition) is 3. The Hall–Kier alpha value is -2.02. The van der Waals surface area contributed by atoms with Crippen LogP contribution < -0.4 is 10.3 Å². The van der Waals surface area contributed by atoms with Crippen LogP contribution in [0.2, 0.25) is 0 Å². The Morgan fingerprint density at radius 2 is 2.50 bits per heavy atom. The molecule has 0 aromatic carbocycles. The monoisotopic (exact) mass is 190 g/mol. The van der Waals surface area contributed by atoms with Crippen LogP contribution in [0.5, 0.6) is 5.75 Å². The van der Waals surface area contributed by atoms with E-state index in [-0.39, 0.29) is 24.5 Å². The molecule has 0 spiro atoms. The van der Waals surface area contributed by atoms with Crippen LogP contribution in [0, 0.1) is 11.3 Å². The predicted molar refractivity (Wildman–Crippen MR) is 52.0 cm³/mol. The summed E-state index contributed by atoms with van der Waals surface area (Å²) in [5.74, 6) is 0.239. The third-order valence-electron chi connectivity index (χ3n) is 1.58. The molecular weight excluding hydrogens is 180 g/mol. The van der Waals surface area contributed by atoms with Crippen molar-refractivity contribution < 1.29 is 4.74 Å². The number of hydrogen-bond donors (Lipinski definition) is 0. The van der Waals surface area contributed by atoms with Crippen molar-refractivity contribution in [3.8, 4) is 11.8 Å². The molecule has 4 nitrogen and oxygen atoms in total. The van der Waals surface area contributed by atoms with Gasteiger partial charge >= 0.3 is 0 Å². The maximum atomic E-state index is 11.5. The quantitative estimate of drug-likeness (QED) is 0.664. The van der Waals surface area contributed by atoms with Crippen LogP contribution in [0.4, 0.5) is 0 Å². The Balaban J connectivity index is 2.96. The Labute approximate surface area is 81.7 Å². The molecule has 1 rings (SSSR count). The summed E-state index contributed by atoms with van der Waals surface area (Å²) in [4.78, 5) is 11.5. The van der Waals surface area contributed by atoms with Crippen molar-refractivity contribution in [2.75, 3.05) is 6.61 Å². The topological polar surface area (TPSA) is 55.0 Å². The highest BCUT2D eigenvalue weighted by molar-refractivity contribution is 5.17. The first-order valence-electron chi connectivity index (χ1n) is 4.09. The van der Waals surface area contributed by atoms with Gasteiger partial charge in [-0.2, -0.15) is 5.26 Å². The smallest absolute Gasteiger partial charge is 0.293 e. The van der Waals surface area contributed by atoms with E-state index in [1.165, 1.54) is 4.57 Å². The fourth-order valence-electron chi connectivity index (χ4n) is 0.974. The highest BCUT2D eigenvalue weighted by Gasteiger charge is 2.01. The van der Waals surface area contributed by atoms with Gasteiger partial charge < -0.3 is 4.74 Å². The zero-order valence-corrected chi connectivity index (χ0v) is 7.64. The van der Waals surface area contributed by atoms with Crippen molar-refractivity contribution in [3.05, 3.63) is 41.3 Å². The van der Waals surface area contributed by atoms with Crippen LogP contribution in [0.3, 0.4) is 0 Å². The number of ether oxygens (including phenoxy) is 1. The second-order valence-corrected chi connectivity index (χ2v) is 2.56. The van der Waals surface area contributed by atoms with E-state index >= 15 is 0 Å². The maximum Gasteiger partial charge on any atom is 0.293 e. The molecule has 0 aliphatic rings. The van der Waals surface area contributed by atoms with E-state index in [0.29, 0.717) is 0 Å². The summed E-state index contributed by atoms with van der Waals surface area (Å²) in [6.07, 6.45) is 3.10. The van der Waals surface area contributed by atoms with Gasteiger partial charge in [-0.15, -0.1) is 0 Å². The minimum absolute atomic E-state index is 0.0319. The molecule has 14 heavy (non-hydrogen) atoms.